The Morgan fingerprint density at radius 2 is 1.54 bits per heavy atom. The van der Waals surface area contributed by atoms with Crippen LogP contribution < -0.4 is 16.9 Å². The van der Waals surface area contributed by atoms with Crippen LogP contribution in [0.25, 0.3) is 11.2 Å². The van der Waals surface area contributed by atoms with Crippen molar-refractivity contribution in [3.05, 3.63) is 49.0 Å². The first-order valence-corrected chi connectivity index (χ1v) is 7.46. The smallest absolute Gasteiger partial charge is 0.327 e. The van der Waals surface area contributed by atoms with Gasteiger partial charge in [-0.2, -0.15) is 0 Å². The van der Waals surface area contributed by atoms with E-state index in [2.05, 4.69) is 15.0 Å². The average molecular weight is 364 g/mol. The van der Waals surface area contributed by atoms with Gasteiger partial charge in [0.25, 0.3) is 5.56 Å². The molecule has 0 saturated carbocycles. The summed E-state index contributed by atoms with van der Waals surface area (Å²) in [4.78, 5) is 52.4. The summed E-state index contributed by atoms with van der Waals surface area (Å²) >= 11 is 0. The monoisotopic (exact) mass is 364 g/mol. The van der Waals surface area contributed by atoms with Crippen LogP contribution in [0.1, 0.15) is 30.1 Å². The molecule has 0 bridgehead atoms. The summed E-state index contributed by atoms with van der Waals surface area (Å²) in [7, 11) is 0. The maximum absolute atomic E-state index is 11.4. The third-order valence-corrected chi connectivity index (χ3v) is 3.33. The Kier molecular flexibility index (Phi) is 5.30. The molecule has 0 saturated heterocycles. The third kappa shape index (κ3) is 3.83. The van der Waals surface area contributed by atoms with Crippen molar-refractivity contribution in [1.29, 1.82) is 0 Å². The zero-order valence-electron chi connectivity index (χ0n) is 13.5. The second-order valence-electron chi connectivity index (χ2n) is 5.24. The van der Waals surface area contributed by atoms with Crippen LogP contribution in [0.4, 0.5) is 0 Å². The minimum absolute atomic E-state index is 0.0413. The van der Waals surface area contributed by atoms with Gasteiger partial charge in [0.05, 0.1) is 5.56 Å². The van der Waals surface area contributed by atoms with Crippen LogP contribution in [0.15, 0.2) is 26.5 Å². The Bertz CT molecular complexity index is 1120. The zero-order valence-corrected chi connectivity index (χ0v) is 13.5. The Labute approximate surface area is 144 Å². The van der Waals surface area contributed by atoms with Gasteiger partial charge in [0.15, 0.2) is 17.3 Å². The molecule has 3 aromatic rings. The number of phenols is 3. The topological polar surface area (TPSA) is 192 Å². The van der Waals surface area contributed by atoms with Crippen LogP contribution in [0.5, 0.6) is 17.2 Å². The number of imidazole rings is 1. The number of aromatic hydroxyl groups is 3. The fraction of sp³-hybridized carbons (Fsp3) is 0.200. The molecule has 1 aromatic carbocycles. The third-order valence-electron chi connectivity index (χ3n) is 3.33. The number of aromatic amines is 4. The predicted molar refractivity (Wildman–Crippen MR) is 90.8 cm³/mol. The molecule has 0 radical (unpaired) electrons. The van der Waals surface area contributed by atoms with E-state index in [1.54, 1.807) is 0 Å². The summed E-state index contributed by atoms with van der Waals surface area (Å²) in [5.74, 6) is -1.88. The van der Waals surface area contributed by atoms with Crippen molar-refractivity contribution in [2.75, 3.05) is 0 Å². The summed E-state index contributed by atoms with van der Waals surface area (Å²) in [6, 6.07) is 2.47. The number of carbonyl (C=O) groups excluding carboxylic acids is 1. The van der Waals surface area contributed by atoms with Crippen molar-refractivity contribution < 1.29 is 20.1 Å². The van der Waals surface area contributed by atoms with Crippen LogP contribution in [0.3, 0.4) is 0 Å². The van der Waals surface area contributed by atoms with Crippen LogP contribution in [-0.2, 0) is 0 Å². The maximum Gasteiger partial charge on any atom is 0.327 e. The Morgan fingerprint density at radius 1 is 0.923 bits per heavy atom. The van der Waals surface area contributed by atoms with Gasteiger partial charge in [-0.25, -0.2) is 9.59 Å². The summed E-state index contributed by atoms with van der Waals surface area (Å²) in [5, 5.41) is 27.5. The standard InChI is InChI=1S/C10H12O4.C5H4N4O3/c1-2-3-7(11)6-4-5-8(12)10(14)9(6)13;10-3-1-2(7-4(11)6-1)8-5(12)9-3/h4-5,12-14H,2-3H2,1H3;(H4,6,7,8,9,10,11,12). The van der Waals surface area contributed by atoms with Crippen molar-refractivity contribution in [3.8, 4) is 17.2 Å². The first kappa shape index (κ1) is 18.6. The molecular formula is C15H16N4O7. The molecule has 2 aromatic heterocycles. The van der Waals surface area contributed by atoms with Crippen LogP contribution in [0, 0.1) is 0 Å². The molecule has 7 N–H and O–H groups in total. The summed E-state index contributed by atoms with van der Waals surface area (Å²) in [6.07, 6.45) is 0.970. The molecule has 0 unspecified atom stereocenters. The van der Waals surface area contributed by atoms with Crippen LogP contribution >= 0.6 is 0 Å². The lowest BCUT2D eigenvalue weighted by molar-refractivity contribution is 0.0978. The lowest BCUT2D eigenvalue weighted by atomic mass is 10.1. The first-order valence-electron chi connectivity index (χ1n) is 7.46. The molecule has 138 valence electrons. The number of hydrogen-bond donors (Lipinski definition) is 7. The number of carbonyl (C=O) groups is 1. The molecule has 11 heteroatoms. The lowest BCUT2D eigenvalue weighted by Gasteiger charge is -2.05. The molecule has 3 rings (SSSR count). The second-order valence-corrected chi connectivity index (χ2v) is 5.24. The highest BCUT2D eigenvalue weighted by molar-refractivity contribution is 5.99. The van der Waals surface area contributed by atoms with Gasteiger partial charge in [-0.15, -0.1) is 0 Å². The summed E-state index contributed by atoms with van der Waals surface area (Å²) in [6.45, 7) is 1.84. The minimum Gasteiger partial charge on any atom is -0.504 e. The molecule has 0 aliphatic heterocycles. The van der Waals surface area contributed by atoms with Crippen molar-refractivity contribution in [3.63, 3.8) is 0 Å². The fourth-order valence-electron chi connectivity index (χ4n) is 2.11. The fourth-order valence-corrected chi connectivity index (χ4v) is 2.11. The predicted octanol–water partition coefficient (Wildman–Crippen LogP) is 0.0190. The highest BCUT2D eigenvalue weighted by Crippen LogP contribution is 2.37. The van der Waals surface area contributed by atoms with Gasteiger partial charge < -0.3 is 15.3 Å². The van der Waals surface area contributed by atoms with E-state index in [4.69, 9.17) is 10.2 Å². The molecule has 26 heavy (non-hydrogen) atoms. The minimum atomic E-state index is -0.650. The Balaban J connectivity index is 0.000000189. The van der Waals surface area contributed by atoms with Gasteiger partial charge in [-0.05, 0) is 18.6 Å². The van der Waals surface area contributed by atoms with Gasteiger partial charge in [0.1, 0.15) is 11.2 Å². The SMILES string of the molecule is CCCC(=O)c1ccc(O)c(O)c1O.O=c1[nH]c(=O)c2[nH]c(=O)[nH]c2[nH]1. The van der Waals surface area contributed by atoms with E-state index in [1.165, 1.54) is 12.1 Å². The Hall–Kier alpha value is -3.76. The van der Waals surface area contributed by atoms with Crippen molar-refractivity contribution >= 4 is 16.9 Å². The second kappa shape index (κ2) is 7.42. The largest absolute Gasteiger partial charge is 0.504 e. The number of benzene rings is 1. The van der Waals surface area contributed by atoms with Gasteiger partial charge in [0.2, 0.25) is 5.75 Å². The number of Topliss-reactive ketones (excluding diaryl/α,β-unsaturated/α-hetero) is 1. The molecule has 2 heterocycles. The maximum atomic E-state index is 11.4. The molecule has 0 atom stereocenters. The number of aromatic nitrogens is 4. The number of fused-ring (bicyclic) bond motifs is 1. The Morgan fingerprint density at radius 3 is 2.15 bits per heavy atom. The molecule has 0 aliphatic carbocycles. The van der Waals surface area contributed by atoms with E-state index in [0.29, 0.717) is 12.8 Å². The van der Waals surface area contributed by atoms with Crippen molar-refractivity contribution in [2.45, 2.75) is 19.8 Å². The number of nitrogens with one attached hydrogen (secondary N) is 4. The molecule has 0 fully saturated rings. The highest BCUT2D eigenvalue weighted by atomic mass is 16.3. The van der Waals surface area contributed by atoms with Crippen molar-refractivity contribution in [2.24, 2.45) is 0 Å². The van der Waals surface area contributed by atoms with E-state index < -0.39 is 34.2 Å². The molecule has 0 amide bonds. The zero-order chi connectivity index (χ0) is 19.4. The number of hydrogen-bond acceptors (Lipinski definition) is 7. The number of phenolic OH excluding ortho intramolecular Hbond substituents is 3. The molecule has 0 aliphatic rings. The van der Waals surface area contributed by atoms with Crippen LogP contribution in [-0.4, -0.2) is 41.0 Å². The van der Waals surface area contributed by atoms with E-state index in [0.717, 1.165) is 0 Å². The quantitative estimate of drug-likeness (QED) is 0.251. The highest BCUT2D eigenvalue weighted by Gasteiger charge is 2.15. The van der Waals surface area contributed by atoms with Gasteiger partial charge in [-0.3, -0.25) is 29.5 Å². The average Bonchev–Trinajstić information content (AvgIpc) is 2.94. The van der Waals surface area contributed by atoms with Gasteiger partial charge in [-0.1, -0.05) is 6.92 Å². The normalized spacial score (nSPS) is 10.3. The number of H-pyrrole nitrogens is 4. The summed E-state index contributed by atoms with van der Waals surface area (Å²) in [5.41, 5.74) is -1.61. The first-order chi connectivity index (χ1) is 12.2. The summed E-state index contributed by atoms with van der Waals surface area (Å²) < 4.78 is 0. The van der Waals surface area contributed by atoms with E-state index in [1.807, 2.05) is 11.9 Å². The van der Waals surface area contributed by atoms with Gasteiger partial charge in [0, 0.05) is 6.42 Å². The van der Waals surface area contributed by atoms with E-state index in [9.17, 15) is 24.3 Å². The van der Waals surface area contributed by atoms with E-state index in [-0.39, 0.29) is 22.5 Å². The van der Waals surface area contributed by atoms with Gasteiger partial charge >= 0.3 is 11.4 Å². The molecule has 11 nitrogen and oxygen atoms in total. The molecular weight excluding hydrogens is 348 g/mol. The molecule has 0 spiro atoms. The lowest BCUT2D eigenvalue weighted by Crippen LogP contribution is -2.21. The van der Waals surface area contributed by atoms with Crippen molar-refractivity contribution in [1.82, 2.24) is 19.9 Å². The van der Waals surface area contributed by atoms with E-state index >= 15 is 0 Å². The number of rotatable bonds is 3. The van der Waals surface area contributed by atoms with Crippen LogP contribution in [0.2, 0.25) is 0 Å². The number of ketones is 1.